The lowest BCUT2D eigenvalue weighted by Gasteiger charge is -2.24. The number of aryl methyl sites for hydroxylation is 2. The molecule has 2 amide bonds. The molecular formula is C26H31FN6O4. The predicted molar refractivity (Wildman–Crippen MR) is 135 cm³/mol. The zero-order chi connectivity index (χ0) is 26.9. The van der Waals surface area contributed by atoms with Crippen LogP contribution in [0, 0.1) is 19.7 Å². The van der Waals surface area contributed by atoms with Gasteiger partial charge in [0, 0.05) is 43.3 Å². The first-order chi connectivity index (χ1) is 17.4. The molecule has 1 unspecified atom stereocenters. The second-order valence-electron chi connectivity index (χ2n) is 10.1. The number of carbonyl (C=O) groups excluding carboxylic acids is 2. The number of anilines is 1. The lowest BCUT2D eigenvalue weighted by molar-refractivity contribution is -0.114. The highest BCUT2D eigenvalue weighted by Crippen LogP contribution is 2.29. The quantitative estimate of drug-likeness (QED) is 0.540. The highest BCUT2D eigenvalue weighted by Gasteiger charge is 2.31. The largest absolute Gasteiger partial charge is 0.488 e. The third kappa shape index (κ3) is 6.60. The van der Waals surface area contributed by atoms with Crippen molar-refractivity contribution >= 4 is 17.8 Å². The van der Waals surface area contributed by atoms with Gasteiger partial charge < -0.3 is 19.7 Å². The van der Waals surface area contributed by atoms with Crippen LogP contribution < -0.4 is 10.1 Å². The summed E-state index contributed by atoms with van der Waals surface area (Å²) < 4.78 is 27.7. The molecule has 0 aliphatic carbocycles. The Balaban J connectivity index is 1.60. The summed E-state index contributed by atoms with van der Waals surface area (Å²) in [6.07, 6.45) is -0.123. The Morgan fingerprint density at radius 2 is 1.86 bits per heavy atom. The van der Waals surface area contributed by atoms with Crippen molar-refractivity contribution in [3.05, 3.63) is 47.5 Å². The summed E-state index contributed by atoms with van der Waals surface area (Å²) in [7, 11) is 0. The summed E-state index contributed by atoms with van der Waals surface area (Å²) in [6.45, 7) is 11.4. The topological polar surface area (TPSA) is 111 Å². The van der Waals surface area contributed by atoms with E-state index in [1.165, 1.54) is 19.1 Å². The van der Waals surface area contributed by atoms with Crippen LogP contribution in [0.25, 0.3) is 17.2 Å². The van der Waals surface area contributed by atoms with E-state index >= 15 is 0 Å². The molecule has 1 aromatic carbocycles. The van der Waals surface area contributed by atoms with Crippen LogP contribution in [0.5, 0.6) is 5.75 Å². The molecule has 1 atom stereocenters. The molecule has 1 fully saturated rings. The fourth-order valence-electron chi connectivity index (χ4n) is 4.04. The minimum Gasteiger partial charge on any atom is -0.488 e. The number of nitrogens with zero attached hydrogens (tertiary/aromatic N) is 5. The number of nitrogens with one attached hydrogen (secondary N) is 1. The van der Waals surface area contributed by atoms with Crippen LogP contribution in [0.4, 0.5) is 15.0 Å². The van der Waals surface area contributed by atoms with Gasteiger partial charge in [0.05, 0.1) is 17.9 Å². The molecule has 196 valence electrons. The van der Waals surface area contributed by atoms with Gasteiger partial charge in [0.15, 0.2) is 0 Å². The van der Waals surface area contributed by atoms with E-state index in [-0.39, 0.29) is 23.8 Å². The summed E-state index contributed by atoms with van der Waals surface area (Å²) in [5.41, 5.74) is 1.82. The molecule has 2 aromatic heterocycles. The fourth-order valence-corrected chi connectivity index (χ4v) is 4.04. The van der Waals surface area contributed by atoms with E-state index in [1.807, 2.05) is 40.7 Å². The summed E-state index contributed by atoms with van der Waals surface area (Å²) in [5, 5.41) is 7.09. The molecule has 10 nitrogen and oxygen atoms in total. The van der Waals surface area contributed by atoms with Crippen molar-refractivity contribution in [3.63, 3.8) is 0 Å². The molecule has 0 spiro atoms. The monoisotopic (exact) mass is 510 g/mol. The van der Waals surface area contributed by atoms with Crippen molar-refractivity contribution < 1.29 is 23.5 Å². The fraction of sp³-hybridized carbons (Fsp3) is 0.423. The summed E-state index contributed by atoms with van der Waals surface area (Å²) in [4.78, 5) is 34.7. The number of benzene rings is 1. The normalized spacial score (nSPS) is 15.5. The number of likely N-dealkylation sites (tertiary alicyclic amines) is 1. The van der Waals surface area contributed by atoms with Gasteiger partial charge in [0.2, 0.25) is 5.91 Å². The zero-order valence-electron chi connectivity index (χ0n) is 21.8. The highest BCUT2D eigenvalue weighted by molar-refractivity contribution is 5.88. The maximum Gasteiger partial charge on any atom is 0.410 e. The van der Waals surface area contributed by atoms with Gasteiger partial charge in [-0.2, -0.15) is 10.1 Å². The van der Waals surface area contributed by atoms with Gasteiger partial charge in [-0.3, -0.25) is 4.79 Å². The van der Waals surface area contributed by atoms with Crippen molar-refractivity contribution in [2.24, 2.45) is 0 Å². The average molecular weight is 511 g/mol. The van der Waals surface area contributed by atoms with E-state index in [0.717, 1.165) is 11.4 Å². The van der Waals surface area contributed by atoms with E-state index < -0.39 is 17.5 Å². The number of halogens is 1. The van der Waals surface area contributed by atoms with E-state index in [2.05, 4.69) is 20.4 Å². The number of amides is 2. The molecule has 0 radical (unpaired) electrons. The summed E-state index contributed by atoms with van der Waals surface area (Å²) in [6, 6.07) is 7.74. The lowest BCUT2D eigenvalue weighted by Crippen LogP contribution is -2.36. The van der Waals surface area contributed by atoms with E-state index in [1.54, 1.807) is 21.7 Å². The molecule has 1 saturated heterocycles. The van der Waals surface area contributed by atoms with Crippen LogP contribution in [0.15, 0.2) is 30.3 Å². The second kappa shape index (κ2) is 10.2. The third-order valence-corrected chi connectivity index (χ3v) is 5.48. The third-order valence-electron chi connectivity index (χ3n) is 5.48. The maximum absolute atomic E-state index is 14.7. The SMILES string of the molecule is CC(=O)Nc1cc(-c2cc(F)cc(OC3CCN(C(=O)OC(C)(C)C)C3)c2)nc(-n2nc(C)cc2C)n1. The number of aromatic nitrogens is 4. The van der Waals surface area contributed by atoms with Crippen LogP contribution in [0.3, 0.4) is 0 Å². The number of ether oxygens (including phenoxy) is 2. The number of hydrogen-bond acceptors (Lipinski definition) is 7. The molecule has 3 heterocycles. The predicted octanol–water partition coefficient (Wildman–Crippen LogP) is 4.43. The molecule has 1 aliphatic rings. The zero-order valence-corrected chi connectivity index (χ0v) is 21.8. The van der Waals surface area contributed by atoms with Crippen molar-refractivity contribution in [1.29, 1.82) is 0 Å². The molecule has 4 rings (SSSR count). The Kier molecular flexibility index (Phi) is 7.15. The van der Waals surface area contributed by atoms with Gasteiger partial charge in [0.1, 0.15) is 29.1 Å². The Labute approximate surface area is 214 Å². The average Bonchev–Trinajstić information content (AvgIpc) is 3.37. The Morgan fingerprint density at radius 1 is 1.11 bits per heavy atom. The number of hydrogen-bond donors (Lipinski definition) is 1. The van der Waals surface area contributed by atoms with E-state index in [0.29, 0.717) is 36.5 Å². The van der Waals surface area contributed by atoms with Gasteiger partial charge in [-0.1, -0.05) is 0 Å². The molecule has 0 bridgehead atoms. The second-order valence-corrected chi connectivity index (χ2v) is 10.1. The molecule has 3 aromatic rings. The first kappa shape index (κ1) is 26.1. The van der Waals surface area contributed by atoms with Gasteiger partial charge in [0.25, 0.3) is 5.95 Å². The smallest absolute Gasteiger partial charge is 0.410 e. The van der Waals surface area contributed by atoms with Gasteiger partial charge >= 0.3 is 6.09 Å². The van der Waals surface area contributed by atoms with Gasteiger partial charge in [-0.15, -0.1) is 0 Å². The van der Waals surface area contributed by atoms with Crippen molar-refractivity contribution in [2.75, 3.05) is 18.4 Å². The maximum atomic E-state index is 14.7. The van der Waals surface area contributed by atoms with Crippen LogP contribution in [0.1, 0.15) is 45.5 Å². The molecule has 0 saturated carbocycles. The molecule has 37 heavy (non-hydrogen) atoms. The lowest BCUT2D eigenvalue weighted by atomic mass is 10.1. The van der Waals surface area contributed by atoms with Gasteiger partial charge in [-0.05, 0) is 52.8 Å². The first-order valence-corrected chi connectivity index (χ1v) is 12.0. The number of rotatable bonds is 5. The standard InChI is InChI=1S/C26H31FN6O4/c1-15-9-16(2)33(31-15)24-29-22(13-23(30-24)28-17(3)34)18-10-19(27)12-21(11-18)36-20-7-8-32(14-20)25(35)37-26(4,5)6/h9-13,20H,7-8,14H2,1-6H3,(H,28,29,30,34). The van der Waals surface area contributed by atoms with Crippen LogP contribution in [0.2, 0.25) is 0 Å². The highest BCUT2D eigenvalue weighted by atomic mass is 19.1. The summed E-state index contributed by atoms with van der Waals surface area (Å²) in [5.74, 6) is -0.0128. The van der Waals surface area contributed by atoms with Crippen LogP contribution in [-0.2, 0) is 9.53 Å². The minimum atomic E-state index is -0.590. The van der Waals surface area contributed by atoms with Crippen molar-refractivity contribution in [3.8, 4) is 23.0 Å². The Hall–Kier alpha value is -4.02. The Bertz CT molecular complexity index is 1330. The van der Waals surface area contributed by atoms with Crippen LogP contribution in [-0.4, -0.2) is 61.4 Å². The van der Waals surface area contributed by atoms with Crippen molar-refractivity contribution in [2.45, 2.75) is 59.7 Å². The van der Waals surface area contributed by atoms with E-state index in [9.17, 15) is 14.0 Å². The minimum absolute atomic E-state index is 0.238. The Morgan fingerprint density at radius 3 is 2.51 bits per heavy atom. The first-order valence-electron chi connectivity index (χ1n) is 12.0. The van der Waals surface area contributed by atoms with Crippen LogP contribution >= 0.6 is 0 Å². The van der Waals surface area contributed by atoms with Crippen molar-refractivity contribution in [1.82, 2.24) is 24.6 Å². The van der Waals surface area contributed by atoms with Gasteiger partial charge in [-0.25, -0.2) is 18.9 Å². The molecule has 1 aliphatic heterocycles. The number of carbonyl (C=O) groups is 2. The summed E-state index contributed by atoms with van der Waals surface area (Å²) >= 11 is 0. The molecular weight excluding hydrogens is 479 g/mol. The molecule has 1 N–H and O–H groups in total. The van der Waals surface area contributed by atoms with E-state index in [4.69, 9.17) is 9.47 Å². The molecule has 11 heteroatoms.